The minimum Gasteiger partial charge on any atom is -0.466 e. The molecule has 2 aliphatic heterocycles. The molecule has 2 heterocycles. The van der Waals surface area contributed by atoms with Gasteiger partial charge >= 0.3 is 5.97 Å². The van der Waals surface area contributed by atoms with E-state index in [1.807, 2.05) is 37.3 Å². The molecule has 2 unspecified atom stereocenters. The van der Waals surface area contributed by atoms with Crippen molar-refractivity contribution in [2.45, 2.75) is 33.1 Å². The molecule has 2 fully saturated rings. The standard InChI is InChI=1S/C21H28N2O4/c1-3-27-20(26)21(2)10-12-23(15-21)19(25)17-13-18(24)22(14-17)11-9-16-7-5-4-6-8-16/h4-8,17H,3,9-15H2,1-2H3. The highest BCUT2D eigenvalue weighted by Gasteiger charge is 2.45. The Morgan fingerprint density at radius 2 is 2.00 bits per heavy atom. The van der Waals surface area contributed by atoms with Gasteiger partial charge in [-0.2, -0.15) is 0 Å². The number of amides is 2. The highest BCUT2D eigenvalue weighted by molar-refractivity contribution is 5.90. The molecule has 0 aromatic heterocycles. The Morgan fingerprint density at radius 1 is 1.26 bits per heavy atom. The van der Waals surface area contributed by atoms with Crippen molar-refractivity contribution < 1.29 is 19.1 Å². The Labute approximate surface area is 160 Å². The van der Waals surface area contributed by atoms with Gasteiger partial charge in [0, 0.05) is 32.6 Å². The molecule has 0 N–H and O–H groups in total. The Balaban J connectivity index is 1.54. The first kappa shape index (κ1) is 19.4. The van der Waals surface area contributed by atoms with Gasteiger partial charge in [-0.05, 0) is 32.3 Å². The predicted molar refractivity (Wildman–Crippen MR) is 101 cm³/mol. The maximum Gasteiger partial charge on any atom is 0.313 e. The molecule has 2 aliphatic rings. The van der Waals surface area contributed by atoms with Gasteiger partial charge in [-0.25, -0.2) is 0 Å². The van der Waals surface area contributed by atoms with E-state index in [0.717, 1.165) is 6.42 Å². The lowest BCUT2D eigenvalue weighted by Gasteiger charge is -2.24. The minimum absolute atomic E-state index is 0.0152. The number of ether oxygens (including phenoxy) is 1. The first-order chi connectivity index (χ1) is 12.9. The summed E-state index contributed by atoms with van der Waals surface area (Å²) in [6, 6.07) is 10.0. The lowest BCUT2D eigenvalue weighted by Crippen LogP contribution is -2.39. The molecule has 6 nitrogen and oxygen atoms in total. The smallest absolute Gasteiger partial charge is 0.313 e. The van der Waals surface area contributed by atoms with Gasteiger partial charge in [0.15, 0.2) is 0 Å². The number of carbonyl (C=O) groups is 3. The summed E-state index contributed by atoms with van der Waals surface area (Å²) in [4.78, 5) is 40.9. The lowest BCUT2D eigenvalue weighted by atomic mass is 9.90. The molecule has 0 radical (unpaired) electrons. The van der Waals surface area contributed by atoms with Gasteiger partial charge in [0.25, 0.3) is 0 Å². The number of rotatable bonds is 6. The van der Waals surface area contributed by atoms with Crippen molar-refractivity contribution in [3.05, 3.63) is 35.9 Å². The molecule has 1 aromatic rings. The van der Waals surface area contributed by atoms with Crippen molar-refractivity contribution in [2.24, 2.45) is 11.3 Å². The quantitative estimate of drug-likeness (QED) is 0.715. The first-order valence-corrected chi connectivity index (χ1v) is 9.70. The van der Waals surface area contributed by atoms with Crippen molar-refractivity contribution in [3.8, 4) is 0 Å². The summed E-state index contributed by atoms with van der Waals surface area (Å²) < 4.78 is 5.15. The molecule has 3 rings (SSSR count). The van der Waals surface area contributed by atoms with Crippen LogP contribution in [0.5, 0.6) is 0 Å². The zero-order valence-electron chi connectivity index (χ0n) is 16.1. The van der Waals surface area contributed by atoms with E-state index < -0.39 is 5.41 Å². The molecule has 27 heavy (non-hydrogen) atoms. The summed E-state index contributed by atoms with van der Waals surface area (Å²) in [6.45, 7) is 6.00. The van der Waals surface area contributed by atoms with Crippen molar-refractivity contribution in [1.29, 1.82) is 0 Å². The van der Waals surface area contributed by atoms with Crippen LogP contribution in [0, 0.1) is 11.3 Å². The van der Waals surface area contributed by atoms with Crippen LogP contribution in [-0.4, -0.2) is 60.4 Å². The van der Waals surface area contributed by atoms with Gasteiger partial charge in [0.1, 0.15) is 0 Å². The second-order valence-corrected chi connectivity index (χ2v) is 7.77. The third-order valence-corrected chi connectivity index (χ3v) is 5.63. The van der Waals surface area contributed by atoms with Crippen molar-refractivity contribution in [1.82, 2.24) is 9.80 Å². The van der Waals surface area contributed by atoms with Gasteiger partial charge in [-0.3, -0.25) is 14.4 Å². The van der Waals surface area contributed by atoms with Gasteiger partial charge < -0.3 is 14.5 Å². The van der Waals surface area contributed by atoms with E-state index in [2.05, 4.69) is 0 Å². The van der Waals surface area contributed by atoms with Crippen LogP contribution in [0.1, 0.15) is 32.3 Å². The number of carbonyl (C=O) groups excluding carboxylic acids is 3. The predicted octanol–water partition coefficient (Wildman–Crippen LogP) is 1.88. The number of esters is 1. The molecule has 146 valence electrons. The van der Waals surface area contributed by atoms with Crippen LogP contribution >= 0.6 is 0 Å². The Bertz CT molecular complexity index is 705. The third kappa shape index (κ3) is 4.31. The van der Waals surface area contributed by atoms with E-state index in [1.54, 1.807) is 16.7 Å². The Kier molecular flexibility index (Phi) is 5.82. The number of hydrogen-bond donors (Lipinski definition) is 0. The van der Waals surface area contributed by atoms with E-state index in [0.29, 0.717) is 39.2 Å². The molecule has 0 aliphatic carbocycles. The molecule has 2 saturated heterocycles. The fourth-order valence-electron chi connectivity index (χ4n) is 3.94. The van der Waals surface area contributed by atoms with Crippen LogP contribution in [0.2, 0.25) is 0 Å². The van der Waals surface area contributed by atoms with Crippen LogP contribution in [0.25, 0.3) is 0 Å². The Morgan fingerprint density at radius 3 is 2.70 bits per heavy atom. The fourth-order valence-corrected chi connectivity index (χ4v) is 3.94. The normalized spacial score (nSPS) is 25.1. The number of nitrogens with zero attached hydrogens (tertiary/aromatic N) is 2. The van der Waals surface area contributed by atoms with E-state index in [9.17, 15) is 14.4 Å². The summed E-state index contributed by atoms with van der Waals surface area (Å²) in [5, 5.41) is 0. The summed E-state index contributed by atoms with van der Waals surface area (Å²) in [7, 11) is 0. The lowest BCUT2D eigenvalue weighted by molar-refractivity contribution is -0.154. The zero-order chi connectivity index (χ0) is 19.4. The van der Waals surface area contributed by atoms with Crippen molar-refractivity contribution >= 4 is 17.8 Å². The van der Waals surface area contributed by atoms with Gasteiger partial charge in [0.2, 0.25) is 11.8 Å². The van der Waals surface area contributed by atoms with Gasteiger partial charge in [-0.1, -0.05) is 30.3 Å². The van der Waals surface area contributed by atoms with Crippen molar-refractivity contribution in [3.63, 3.8) is 0 Å². The summed E-state index contributed by atoms with van der Waals surface area (Å²) in [6.07, 6.45) is 1.66. The number of hydrogen-bond acceptors (Lipinski definition) is 4. The summed E-state index contributed by atoms with van der Waals surface area (Å²) in [5.41, 5.74) is 0.547. The van der Waals surface area contributed by atoms with Gasteiger partial charge in [0.05, 0.1) is 17.9 Å². The topological polar surface area (TPSA) is 66.9 Å². The van der Waals surface area contributed by atoms with E-state index in [1.165, 1.54) is 5.56 Å². The maximum absolute atomic E-state index is 12.9. The average molecular weight is 372 g/mol. The maximum atomic E-state index is 12.9. The largest absolute Gasteiger partial charge is 0.466 e. The van der Waals surface area contributed by atoms with Crippen LogP contribution in [0.15, 0.2) is 30.3 Å². The molecule has 0 saturated carbocycles. The molecule has 0 spiro atoms. The zero-order valence-corrected chi connectivity index (χ0v) is 16.1. The minimum atomic E-state index is -0.638. The molecular formula is C21H28N2O4. The number of benzene rings is 1. The van der Waals surface area contributed by atoms with Crippen LogP contribution < -0.4 is 0 Å². The van der Waals surface area contributed by atoms with E-state index in [-0.39, 0.29) is 30.1 Å². The van der Waals surface area contributed by atoms with Crippen LogP contribution in [0.4, 0.5) is 0 Å². The van der Waals surface area contributed by atoms with Crippen molar-refractivity contribution in [2.75, 3.05) is 32.8 Å². The van der Waals surface area contributed by atoms with E-state index >= 15 is 0 Å². The summed E-state index contributed by atoms with van der Waals surface area (Å²) >= 11 is 0. The molecule has 2 atom stereocenters. The average Bonchev–Trinajstić information content (AvgIpc) is 3.24. The monoisotopic (exact) mass is 372 g/mol. The highest BCUT2D eigenvalue weighted by atomic mass is 16.5. The Hall–Kier alpha value is -2.37. The molecule has 6 heteroatoms. The molecule has 0 bridgehead atoms. The number of likely N-dealkylation sites (tertiary alicyclic amines) is 2. The third-order valence-electron chi connectivity index (χ3n) is 5.63. The first-order valence-electron chi connectivity index (χ1n) is 9.70. The van der Waals surface area contributed by atoms with Gasteiger partial charge in [-0.15, -0.1) is 0 Å². The second-order valence-electron chi connectivity index (χ2n) is 7.77. The second kappa shape index (κ2) is 8.11. The van der Waals surface area contributed by atoms with Crippen LogP contribution in [-0.2, 0) is 25.5 Å². The van der Waals surface area contributed by atoms with Crippen LogP contribution in [0.3, 0.4) is 0 Å². The SMILES string of the molecule is CCOC(=O)C1(C)CCN(C(=O)C2CC(=O)N(CCc3ccccc3)C2)C1. The fraction of sp³-hybridized carbons (Fsp3) is 0.571. The van der Waals surface area contributed by atoms with E-state index in [4.69, 9.17) is 4.74 Å². The summed E-state index contributed by atoms with van der Waals surface area (Å²) in [5.74, 6) is -0.527. The highest BCUT2D eigenvalue weighted by Crippen LogP contribution is 2.33. The molecule has 1 aromatic carbocycles. The molecular weight excluding hydrogens is 344 g/mol. The molecule has 2 amide bonds.